The SMILES string of the molecule is CCNC(=NCC1CCN(c2cccc(OC)c2)C1)NC(C)CCS(C)(=O)=O.I. The summed E-state index contributed by atoms with van der Waals surface area (Å²) in [6, 6.07) is 8.21. The molecule has 1 aliphatic rings. The van der Waals surface area contributed by atoms with Crippen LogP contribution in [0.1, 0.15) is 26.7 Å². The van der Waals surface area contributed by atoms with E-state index >= 15 is 0 Å². The third-order valence-electron chi connectivity index (χ3n) is 4.86. The van der Waals surface area contributed by atoms with Gasteiger partial charge in [-0.1, -0.05) is 6.07 Å². The van der Waals surface area contributed by atoms with Crippen LogP contribution in [0.3, 0.4) is 0 Å². The molecule has 2 N–H and O–H groups in total. The zero-order valence-corrected chi connectivity index (χ0v) is 21.0. The summed E-state index contributed by atoms with van der Waals surface area (Å²) in [7, 11) is -1.26. The predicted molar refractivity (Wildman–Crippen MR) is 132 cm³/mol. The summed E-state index contributed by atoms with van der Waals surface area (Å²) in [5.41, 5.74) is 1.19. The molecule has 1 heterocycles. The maximum Gasteiger partial charge on any atom is 0.191 e. The second kappa shape index (κ2) is 12.5. The molecule has 2 rings (SSSR count). The Morgan fingerprint density at radius 3 is 2.83 bits per heavy atom. The van der Waals surface area contributed by atoms with E-state index in [1.807, 2.05) is 26.0 Å². The maximum absolute atomic E-state index is 11.3. The zero-order valence-electron chi connectivity index (χ0n) is 17.8. The number of halogens is 1. The van der Waals surface area contributed by atoms with Crippen LogP contribution in [0, 0.1) is 5.92 Å². The third kappa shape index (κ3) is 9.41. The molecule has 0 spiro atoms. The van der Waals surface area contributed by atoms with E-state index in [0.29, 0.717) is 12.3 Å². The number of hydrogen-bond acceptors (Lipinski definition) is 5. The average molecular weight is 538 g/mol. The zero-order chi connectivity index (χ0) is 20.6. The lowest BCUT2D eigenvalue weighted by atomic mass is 10.1. The van der Waals surface area contributed by atoms with Gasteiger partial charge >= 0.3 is 0 Å². The second-order valence-electron chi connectivity index (χ2n) is 7.49. The monoisotopic (exact) mass is 538 g/mol. The summed E-state index contributed by atoms with van der Waals surface area (Å²) in [5.74, 6) is 2.30. The van der Waals surface area contributed by atoms with Crippen molar-refractivity contribution in [2.45, 2.75) is 32.7 Å². The molecular weight excluding hydrogens is 503 g/mol. The smallest absolute Gasteiger partial charge is 0.191 e. The molecule has 1 aromatic rings. The highest BCUT2D eigenvalue weighted by atomic mass is 127. The minimum absolute atomic E-state index is 0. The highest BCUT2D eigenvalue weighted by Crippen LogP contribution is 2.26. The lowest BCUT2D eigenvalue weighted by Crippen LogP contribution is -2.43. The van der Waals surface area contributed by atoms with Crippen molar-refractivity contribution < 1.29 is 13.2 Å². The number of hydrogen-bond donors (Lipinski definition) is 2. The Hall–Kier alpha value is -1.23. The van der Waals surface area contributed by atoms with Crippen LogP contribution in [0.25, 0.3) is 0 Å². The molecule has 2 atom stereocenters. The Bertz CT molecular complexity index is 758. The van der Waals surface area contributed by atoms with Gasteiger partial charge in [-0.3, -0.25) is 4.99 Å². The number of ether oxygens (including phenoxy) is 1. The molecule has 0 radical (unpaired) electrons. The summed E-state index contributed by atoms with van der Waals surface area (Å²) < 4.78 is 28.0. The first-order chi connectivity index (χ1) is 13.3. The largest absolute Gasteiger partial charge is 0.497 e. The van der Waals surface area contributed by atoms with Crippen molar-refractivity contribution in [1.29, 1.82) is 0 Å². The second-order valence-corrected chi connectivity index (χ2v) is 9.75. The van der Waals surface area contributed by atoms with E-state index in [-0.39, 0.29) is 35.8 Å². The van der Waals surface area contributed by atoms with Gasteiger partial charge in [0.25, 0.3) is 0 Å². The normalized spacial score (nSPS) is 18.1. The van der Waals surface area contributed by atoms with Crippen molar-refractivity contribution in [3.8, 4) is 5.75 Å². The number of methoxy groups -OCH3 is 1. The van der Waals surface area contributed by atoms with E-state index in [2.05, 4.69) is 27.7 Å². The molecule has 0 amide bonds. The molecule has 9 heteroatoms. The molecule has 0 saturated carbocycles. The summed E-state index contributed by atoms with van der Waals surface area (Å²) in [6.07, 6.45) is 2.94. The van der Waals surface area contributed by atoms with Gasteiger partial charge in [-0.15, -0.1) is 24.0 Å². The molecule has 1 saturated heterocycles. The van der Waals surface area contributed by atoms with Gasteiger partial charge in [0.2, 0.25) is 0 Å². The average Bonchev–Trinajstić information content (AvgIpc) is 3.13. The fraction of sp³-hybridized carbons (Fsp3) is 0.650. The molecule has 2 unspecified atom stereocenters. The van der Waals surface area contributed by atoms with Gasteiger partial charge in [-0.25, -0.2) is 8.42 Å². The number of rotatable bonds is 9. The number of guanidine groups is 1. The Labute approximate surface area is 192 Å². The summed E-state index contributed by atoms with van der Waals surface area (Å²) in [6.45, 7) is 7.51. The highest BCUT2D eigenvalue weighted by molar-refractivity contribution is 14.0. The number of sulfone groups is 1. The standard InChI is InChI=1S/C20H34N4O3S.HI/c1-5-21-20(23-16(2)10-12-28(4,25)26)22-14-17-9-11-24(15-17)18-7-6-8-19(13-18)27-3;/h6-8,13,16-17H,5,9-12,14-15H2,1-4H3,(H2,21,22,23);1H. The minimum Gasteiger partial charge on any atom is -0.497 e. The van der Waals surface area contributed by atoms with Crippen LogP contribution in [0.15, 0.2) is 29.3 Å². The van der Waals surface area contributed by atoms with E-state index in [1.165, 1.54) is 11.9 Å². The molecule has 166 valence electrons. The number of aliphatic imine (C=N–C) groups is 1. The van der Waals surface area contributed by atoms with Crippen LogP contribution in [0.2, 0.25) is 0 Å². The number of nitrogens with zero attached hydrogens (tertiary/aromatic N) is 2. The third-order valence-corrected chi connectivity index (χ3v) is 5.84. The van der Waals surface area contributed by atoms with Gasteiger partial charge < -0.3 is 20.3 Å². The van der Waals surface area contributed by atoms with E-state index in [9.17, 15) is 8.42 Å². The van der Waals surface area contributed by atoms with Crippen molar-refractivity contribution in [2.75, 3.05) is 50.2 Å². The molecule has 0 bridgehead atoms. The number of anilines is 1. The van der Waals surface area contributed by atoms with Crippen LogP contribution in [-0.2, 0) is 9.84 Å². The fourth-order valence-corrected chi connectivity index (χ4v) is 4.04. The van der Waals surface area contributed by atoms with Crippen LogP contribution in [0.5, 0.6) is 5.75 Å². The first kappa shape index (κ1) is 25.8. The maximum atomic E-state index is 11.3. The molecule has 1 aliphatic heterocycles. The topological polar surface area (TPSA) is 83.0 Å². The number of benzene rings is 1. The molecule has 1 aromatic carbocycles. The molecular formula is C20H35IN4O3S. The minimum atomic E-state index is -2.94. The molecule has 0 aliphatic carbocycles. The number of nitrogens with one attached hydrogen (secondary N) is 2. The van der Waals surface area contributed by atoms with Gasteiger partial charge in [0.05, 0.1) is 12.9 Å². The summed E-state index contributed by atoms with van der Waals surface area (Å²) in [4.78, 5) is 7.11. The molecule has 1 fully saturated rings. The van der Waals surface area contributed by atoms with Crippen LogP contribution < -0.4 is 20.3 Å². The lowest BCUT2D eigenvalue weighted by Gasteiger charge is -2.20. The Morgan fingerprint density at radius 2 is 2.17 bits per heavy atom. The first-order valence-electron chi connectivity index (χ1n) is 9.92. The highest BCUT2D eigenvalue weighted by Gasteiger charge is 2.23. The lowest BCUT2D eigenvalue weighted by molar-refractivity contribution is 0.415. The van der Waals surface area contributed by atoms with E-state index in [0.717, 1.165) is 44.3 Å². The fourth-order valence-electron chi connectivity index (χ4n) is 3.26. The van der Waals surface area contributed by atoms with Crippen molar-refractivity contribution in [3.05, 3.63) is 24.3 Å². The van der Waals surface area contributed by atoms with Crippen LogP contribution in [0.4, 0.5) is 5.69 Å². The van der Waals surface area contributed by atoms with Gasteiger partial charge in [-0.05, 0) is 44.7 Å². The Morgan fingerprint density at radius 1 is 1.41 bits per heavy atom. The van der Waals surface area contributed by atoms with Crippen LogP contribution in [-0.4, -0.2) is 65.7 Å². The van der Waals surface area contributed by atoms with Gasteiger partial charge in [0.1, 0.15) is 15.6 Å². The molecule has 0 aromatic heterocycles. The first-order valence-corrected chi connectivity index (χ1v) is 12.0. The quantitative estimate of drug-likeness (QED) is 0.286. The van der Waals surface area contributed by atoms with Crippen molar-refractivity contribution in [3.63, 3.8) is 0 Å². The van der Waals surface area contributed by atoms with Gasteiger partial charge in [0.15, 0.2) is 5.96 Å². The predicted octanol–water partition coefficient (Wildman–Crippen LogP) is 2.52. The van der Waals surface area contributed by atoms with Gasteiger partial charge in [-0.2, -0.15) is 0 Å². The van der Waals surface area contributed by atoms with E-state index < -0.39 is 9.84 Å². The Kier molecular flexibility index (Phi) is 11.1. The van der Waals surface area contributed by atoms with E-state index in [1.54, 1.807) is 7.11 Å². The van der Waals surface area contributed by atoms with Crippen LogP contribution >= 0.6 is 24.0 Å². The Balaban J connectivity index is 0.00000420. The summed E-state index contributed by atoms with van der Waals surface area (Å²) >= 11 is 0. The van der Waals surface area contributed by atoms with Crippen molar-refractivity contribution in [1.82, 2.24) is 10.6 Å². The summed E-state index contributed by atoms with van der Waals surface area (Å²) in [5, 5.41) is 6.57. The molecule has 29 heavy (non-hydrogen) atoms. The van der Waals surface area contributed by atoms with Crippen molar-refractivity contribution >= 4 is 45.5 Å². The van der Waals surface area contributed by atoms with Crippen molar-refractivity contribution in [2.24, 2.45) is 10.9 Å². The molecule has 7 nitrogen and oxygen atoms in total. The van der Waals surface area contributed by atoms with Gasteiger partial charge in [0, 0.05) is 50.2 Å². The van der Waals surface area contributed by atoms with E-state index in [4.69, 9.17) is 9.73 Å².